The quantitative estimate of drug-likeness (QED) is 0.187. The van der Waals surface area contributed by atoms with Crippen LogP contribution in [-0.4, -0.2) is 47.0 Å². The SMILES string of the molecule is NC(=O)C[C@H](C(=O)OCC(=O)c1ccc(Cl)cc1)N1C(=O)[C@@H]2[C@H](C1=O)C1(Cl)c3ccccc3C2(Cl)c2ccccc21. The molecule has 0 aromatic heterocycles. The summed E-state index contributed by atoms with van der Waals surface area (Å²) in [6.07, 6.45) is -0.713. The number of imide groups is 1. The van der Waals surface area contributed by atoms with E-state index in [0.29, 0.717) is 32.2 Å². The number of esters is 1. The van der Waals surface area contributed by atoms with Crippen LogP contribution in [0.1, 0.15) is 39.0 Å². The number of halogens is 3. The predicted molar refractivity (Wildman–Crippen MR) is 149 cm³/mol. The molecule has 0 unspecified atom stereocenters. The van der Waals surface area contributed by atoms with Crippen LogP contribution in [0.3, 0.4) is 0 Å². The molecular weight excluding hydrogens is 591 g/mol. The first-order valence-electron chi connectivity index (χ1n) is 12.7. The van der Waals surface area contributed by atoms with E-state index in [1.54, 1.807) is 48.5 Å². The predicted octanol–water partition coefficient (Wildman–Crippen LogP) is 3.90. The minimum atomic E-state index is -1.72. The molecule has 1 heterocycles. The van der Waals surface area contributed by atoms with Gasteiger partial charge in [0.2, 0.25) is 17.7 Å². The Morgan fingerprint density at radius 3 is 1.66 bits per heavy atom. The Bertz CT molecular complexity index is 1530. The number of benzene rings is 3. The highest BCUT2D eigenvalue weighted by molar-refractivity contribution is 6.36. The van der Waals surface area contributed by atoms with Crippen molar-refractivity contribution in [1.82, 2.24) is 4.90 Å². The molecule has 41 heavy (non-hydrogen) atoms. The van der Waals surface area contributed by atoms with Crippen molar-refractivity contribution in [1.29, 1.82) is 0 Å². The van der Waals surface area contributed by atoms with Gasteiger partial charge < -0.3 is 10.5 Å². The Hall–Kier alpha value is -3.72. The third kappa shape index (κ3) is 3.85. The number of hydrogen-bond donors (Lipinski definition) is 1. The second kappa shape index (κ2) is 9.69. The summed E-state index contributed by atoms with van der Waals surface area (Å²) >= 11 is 20.7. The largest absolute Gasteiger partial charge is 0.456 e. The van der Waals surface area contributed by atoms with Crippen molar-refractivity contribution in [2.45, 2.75) is 22.2 Å². The number of likely N-dealkylation sites (tertiary alicyclic amines) is 1. The molecule has 2 bridgehead atoms. The Morgan fingerprint density at radius 2 is 1.24 bits per heavy atom. The Balaban J connectivity index is 1.38. The molecule has 1 saturated heterocycles. The van der Waals surface area contributed by atoms with E-state index in [1.165, 1.54) is 24.3 Å². The number of nitrogens with two attached hydrogens (primary N) is 1. The summed E-state index contributed by atoms with van der Waals surface area (Å²) in [5, 5.41) is 0.417. The molecular formula is C30H21Cl3N2O6. The van der Waals surface area contributed by atoms with Crippen LogP contribution in [0.2, 0.25) is 5.02 Å². The summed E-state index contributed by atoms with van der Waals surface area (Å²) in [6.45, 7) is -0.700. The summed E-state index contributed by atoms with van der Waals surface area (Å²) in [5.74, 6) is -6.57. The third-order valence-electron chi connectivity index (χ3n) is 8.11. The topological polar surface area (TPSA) is 124 Å². The third-order valence-corrected chi connectivity index (χ3v) is 9.65. The number of alkyl halides is 2. The van der Waals surface area contributed by atoms with Gasteiger partial charge in [-0.2, -0.15) is 0 Å². The molecule has 0 spiro atoms. The van der Waals surface area contributed by atoms with Crippen molar-refractivity contribution in [3.8, 4) is 0 Å². The maximum Gasteiger partial charge on any atom is 0.330 e. The van der Waals surface area contributed by atoms with Gasteiger partial charge in [-0.25, -0.2) is 4.79 Å². The molecule has 1 aliphatic heterocycles. The van der Waals surface area contributed by atoms with Crippen LogP contribution in [0.15, 0.2) is 72.8 Å². The summed E-state index contributed by atoms with van der Waals surface area (Å²) in [5.41, 5.74) is 8.00. The monoisotopic (exact) mass is 610 g/mol. The molecule has 3 aliphatic carbocycles. The fraction of sp³-hybridized carbons (Fsp3) is 0.233. The first-order valence-corrected chi connectivity index (χ1v) is 13.8. The molecule has 8 nitrogen and oxygen atoms in total. The van der Waals surface area contributed by atoms with E-state index in [0.717, 1.165) is 0 Å². The first kappa shape index (κ1) is 27.4. The number of ether oxygens (including phenoxy) is 1. The number of primary amides is 1. The minimum absolute atomic E-state index is 0.230. The van der Waals surface area contributed by atoms with Crippen LogP contribution in [0, 0.1) is 11.8 Å². The van der Waals surface area contributed by atoms with Gasteiger partial charge in [0, 0.05) is 10.6 Å². The lowest BCUT2D eigenvalue weighted by molar-refractivity contribution is -0.159. The fourth-order valence-electron chi connectivity index (χ4n) is 6.42. The van der Waals surface area contributed by atoms with Crippen molar-refractivity contribution in [3.63, 3.8) is 0 Å². The van der Waals surface area contributed by atoms with Crippen LogP contribution in [0.4, 0.5) is 0 Å². The molecule has 3 atom stereocenters. The van der Waals surface area contributed by atoms with Crippen LogP contribution in [0.5, 0.6) is 0 Å². The number of ketones is 1. The molecule has 3 aromatic carbocycles. The minimum Gasteiger partial charge on any atom is -0.456 e. The van der Waals surface area contributed by atoms with Gasteiger partial charge in [-0.1, -0.05) is 60.1 Å². The maximum absolute atomic E-state index is 14.1. The highest BCUT2D eigenvalue weighted by atomic mass is 35.5. The van der Waals surface area contributed by atoms with Gasteiger partial charge in [-0.05, 0) is 46.5 Å². The smallest absolute Gasteiger partial charge is 0.330 e. The van der Waals surface area contributed by atoms with Crippen molar-refractivity contribution < 1.29 is 28.7 Å². The molecule has 4 aliphatic rings. The highest BCUT2D eigenvalue weighted by Crippen LogP contribution is 2.69. The van der Waals surface area contributed by atoms with Gasteiger partial charge in [0.25, 0.3) is 0 Å². The van der Waals surface area contributed by atoms with Crippen LogP contribution in [-0.2, 0) is 33.7 Å². The summed E-state index contributed by atoms with van der Waals surface area (Å²) < 4.78 is 5.22. The van der Waals surface area contributed by atoms with Crippen LogP contribution in [0.25, 0.3) is 0 Å². The maximum atomic E-state index is 14.1. The average Bonchev–Trinajstić information content (AvgIpc) is 3.24. The lowest BCUT2D eigenvalue weighted by Gasteiger charge is -2.54. The Labute approximate surface area is 249 Å². The van der Waals surface area contributed by atoms with E-state index in [1.807, 2.05) is 0 Å². The lowest BCUT2D eigenvalue weighted by atomic mass is 9.54. The van der Waals surface area contributed by atoms with E-state index in [-0.39, 0.29) is 5.56 Å². The Kier molecular flexibility index (Phi) is 6.48. The van der Waals surface area contributed by atoms with Crippen molar-refractivity contribution >= 4 is 64.3 Å². The van der Waals surface area contributed by atoms with E-state index < -0.39 is 70.1 Å². The Morgan fingerprint density at radius 1 is 0.805 bits per heavy atom. The standard InChI is InChI=1S/C30H21Cl3N2O6/c31-16-11-9-15(10-12-16)22(36)14-41-28(40)21(13-23(34)37)35-26(38)24-25(27(35)39)30(33)18-6-2-1-5-17(18)29(24,32)19-7-3-4-8-20(19)30/h1-12,21,24-25H,13-14H2,(H2,34,37)/t21-,24-,25+,29?,30?/m1/s1. The summed E-state index contributed by atoms with van der Waals surface area (Å²) in [4.78, 5) is 64.0. The van der Waals surface area contributed by atoms with E-state index in [4.69, 9.17) is 45.3 Å². The van der Waals surface area contributed by atoms with Gasteiger partial charge in [-0.15, -0.1) is 23.2 Å². The molecule has 7 rings (SSSR count). The van der Waals surface area contributed by atoms with Gasteiger partial charge in [-0.3, -0.25) is 24.1 Å². The van der Waals surface area contributed by atoms with Gasteiger partial charge in [0.1, 0.15) is 15.8 Å². The van der Waals surface area contributed by atoms with Crippen molar-refractivity contribution in [2.24, 2.45) is 17.6 Å². The summed E-state index contributed by atoms with van der Waals surface area (Å²) in [7, 11) is 0. The zero-order valence-electron chi connectivity index (χ0n) is 21.2. The van der Waals surface area contributed by atoms with Crippen LogP contribution >= 0.6 is 34.8 Å². The zero-order valence-corrected chi connectivity index (χ0v) is 23.5. The molecule has 3 amide bonds. The average molecular weight is 612 g/mol. The van der Waals surface area contributed by atoms with Crippen LogP contribution < -0.4 is 5.73 Å². The lowest BCUT2D eigenvalue weighted by Crippen LogP contribution is -2.57. The van der Waals surface area contributed by atoms with E-state index >= 15 is 0 Å². The first-order chi connectivity index (χ1) is 19.5. The highest BCUT2D eigenvalue weighted by Gasteiger charge is 2.73. The number of carbonyl (C=O) groups is 5. The fourth-order valence-corrected chi connectivity index (χ4v) is 7.64. The number of carbonyl (C=O) groups excluding carboxylic acids is 5. The number of rotatable bonds is 7. The number of Topliss-reactive ketones (excluding diaryl/α,β-unsaturated/α-hetero) is 1. The van der Waals surface area contributed by atoms with E-state index in [2.05, 4.69) is 0 Å². The van der Waals surface area contributed by atoms with Gasteiger partial charge in [0.15, 0.2) is 12.4 Å². The van der Waals surface area contributed by atoms with Crippen molar-refractivity contribution in [3.05, 3.63) is 106 Å². The molecule has 2 N–H and O–H groups in total. The van der Waals surface area contributed by atoms with E-state index in [9.17, 15) is 24.0 Å². The second-order valence-electron chi connectivity index (χ2n) is 10.2. The second-order valence-corrected chi connectivity index (χ2v) is 11.9. The normalized spacial score (nSPS) is 26.2. The van der Waals surface area contributed by atoms with Crippen molar-refractivity contribution in [2.75, 3.05) is 6.61 Å². The molecule has 0 saturated carbocycles. The number of amides is 3. The summed E-state index contributed by atoms with van der Waals surface area (Å²) in [6, 6.07) is 18.4. The molecule has 208 valence electrons. The molecule has 1 fully saturated rings. The number of hydrogen-bond acceptors (Lipinski definition) is 6. The molecule has 11 heteroatoms. The van der Waals surface area contributed by atoms with Gasteiger partial charge >= 0.3 is 5.97 Å². The molecule has 0 radical (unpaired) electrons. The zero-order chi connectivity index (χ0) is 29.3. The molecule has 3 aromatic rings. The van der Waals surface area contributed by atoms with Gasteiger partial charge in [0.05, 0.1) is 18.3 Å². The number of nitrogens with zero attached hydrogens (tertiary/aromatic N) is 1.